The van der Waals surface area contributed by atoms with Crippen LogP contribution in [0.5, 0.6) is 0 Å². The van der Waals surface area contributed by atoms with Crippen LogP contribution in [0.15, 0.2) is 30.3 Å². The van der Waals surface area contributed by atoms with Crippen LogP contribution in [0, 0.1) is 23.7 Å². The highest BCUT2D eigenvalue weighted by Gasteiger charge is 2.05. The van der Waals surface area contributed by atoms with Crippen LogP contribution < -0.4 is 0 Å². The Balaban J connectivity index is 2.21. The van der Waals surface area contributed by atoms with Crippen molar-refractivity contribution in [3.8, 4) is 11.8 Å². The predicted molar refractivity (Wildman–Crippen MR) is 77.7 cm³/mol. The van der Waals surface area contributed by atoms with Crippen LogP contribution in [0.4, 0.5) is 0 Å². The third-order valence-electron chi connectivity index (χ3n) is 2.62. The van der Waals surface area contributed by atoms with Gasteiger partial charge in [0.1, 0.15) is 0 Å². The molecule has 2 nitrogen and oxygen atoms in total. The summed E-state index contributed by atoms with van der Waals surface area (Å²) in [7, 11) is 0. The van der Waals surface area contributed by atoms with E-state index in [-0.39, 0.29) is 5.92 Å². The van der Waals surface area contributed by atoms with Crippen LogP contribution in [-0.2, 0) is 16.1 Å². The van der Waals surface area contributed by atoms with Gasteiger partial charge in [-0.25, -0.2) is 0 Å². The number of carbonyl (C=O) groups excluding carboxylic acids is 1. The van der Waals surface area contributed by atoms with Crippen LogP contribution in [0.1, 0.15) is 25.8 Å². The SMILES string of the molecule is C[C@H](CC#C[C@@H](C)C(=O)Cl)COCc1ccccc1. The highest BCUT2D eigenvalue weighted by atomic mass is 35.5. The van der Waals surface area contributed by atoms with Crippen molar-refractivity contribution >= 4 is 16.8 Å². The first-order valence-corrected chi connectivity index (χ1v) is 6.76. The second kappa shape index (κ2) is 8.74. The summed E-state index contributed by atoms with van der Waals surface area (Å²) in [6, 6.07) is 10.1. The van der Waals surface area contributed by atoms with Crippen molar-refractivity contribution in [2.24, 2.45) is 11.8 Å². The monoisotopic (exact) mass is 278 g/mol. The third kappa shape index (κ3) is 7.00. The first-order chi connectivity index (χ1) is 9.09. The second-order valence-corrected chi connectivity index (χ2v) is 5.03. The molecule has 1 rings (SSSR count). The largest absolute Gasteiger partial charge is 0.376 e. The van der Waals surface area contributed by atoms with Gasteiger partial charge in [0.05, 0.1) is 19.1 Å². The molecule has 0 radical (unpaired) electrons. The highest BCUT2D eigenvalue weighted by Crippen LogP contribution is 2.06. The summed E-state index contributed by atoms with van der Waals surface area (Å²) in [6.45, 7) is 5.06. The number of halogens is 1. The molecule has 0 aliphatic heterocycles. The molecule has 0 unspecified atom stereocenters. The van der Waals surface area contributed by atoms with Crippen molar-refractivity contribution in [1.82, 2.24) is 0 Å². The first kappa shape index (κ1) is 15.8. The summed E-state index contributed by atoms with van der Waals surface area (Å²) in [5.41, 5.74) is 1.17. The number of benzene rings is 1. The lowest BCUT2D eigenvalue weighted by atomic mass is 10.1. The zero-order valence-corrected chi connectivity index (χ0v) is 12.1. The van der Waals surface area contributed by atoms with Gasteiger partial charge in [-0.3, -0.25) is 4.79 Å². The molecule has 0 fully saturated rings. The molecule has 0 heterocycles. The lowest BCUT2D eigenvalue weighted by Crippen LogP contribution is -2.06. The van der Waals surface area contributed by atoms with Gasteiger partial charge in [-0.1, -0.05) is 43.2 Å². The smallest absolute Gasteiger partial charge is 0.236 e. The molecule has 0 aromatic heterocycles. The van der Waals surface area contributed by atoms with E-state index in [4.69, 9.17) is 16.3 Å². The summed E-state index contributed by atoms with van der Waals surface area (Å²) >= 11 is 5.33. The fraction of sp³-hybridized carbons (Fsp3) is 0.438. The zero-order chi connectivity index (χ0) is 14.1. The standard InChI is InChI=1S/C16H19ClO2/c1-13(7-6-8-14(2)16(17)18)11-19-12-15-9-4-3-5-10-15/h3-5,9-10,13-14H,7,11-12H2,1-2H3/t13-,14-/m1/s1. The van der Waals surface area contributed by atoms with Gasteiger partial charge in [-0.15, -0.1) is 5.92 Å². The number of hydrogen-bond acceptors (Lipinski definition) is 2. The Labute approximate surface area is 120 Å². The van der Waals surface area contributed by atoms with Crippen molar-refractivity contribution in [3.05, 3.63) is 35.9 Å². The topological polar surface area (TPSA) is 26.3 Å². The van der Waals surface area contributed by atoms with Gasteiger partial charge in [0.25, 0.3) is 0 Å². The van der Waals surface area contributed by atoms with E-state index >= 15 is 0 Å². The molecule has 0 spiro atoms. The van der Waals surface area contributed by atoms with Gasteiger partial charge < -0.3 is 4.74 Å². The molecule has 0 amide bonds. The maximum absolute atomic E-state index is 10.8. The average molecular weight is 279 g/mol. The molecule has 1 aromatic carbocycles. The fourth-order valence-corrected chi connectivity index (χ4v) is 1.51. The molecule has 102 valence electrons. The van der Waals surface area contributed by atoms with Gasteiger partial charge in [0.2, 0.25) is 5.24 Å². The molecule has 1 aromatic rings. The Kier molecular flexibility index (Phi) is 7.25. The summed E-state index contributed by atoms with van der Waals surface area (Å²) in [5, 5.41) is -0.402. The van der Waals surface area contributed by atoms with E-state index in [0.717, 1.165) is 0 Å². The Hall–Kier alpha value is -1.30. The first-order valence-electron chi connectivity index (χ1n) is 6.39. The molecule has 19 heavy (non-hydrogen) atoms. The molecule has 0 aliphatic carbocycles. The Morgan fingerprint density at radius 3 is 2.63 bits per heavy atom. The fourth-order valence-electron chi connectivity index (χ4n) is 1.45. The number of rotatable bonds is 6. The predicted octanol–water partition coefficient (Wildman–Crippen LogP) is 3.63. The quantitative estimate of drug-likeness (QED) is 0.587. The Morgan fingerprint density at radius 1 is 1.32 bits per heavy atom. The third-order valence-corrected chi connectivity index (χ3v) is 2.95. The minimum atomic E-state index is -0.402. The molecule has 0 bridgehead atoms. The number of ether oxygens (including phenoxy) is 1. The summed E-state index contributed by atoms with van der Waals surface area (Å²) < 4.78 is 5.63. The van der Waals surface area contributed by atoms with Gasteiger partial charge in [-0.05, 0) is 30.0 Å². The van der Waals surface area contributed by atoms with Gasteiger partial charge >= 0.3 is 0 Å². The number of hydrogen-bond donors (Lipinski definition) is 0. The maximum atomic E-state index is 10.8. The van der Waals surface area contributed by atoms with E-state index in [0.29, 0.717) is 25.6 Å². The lowest BCUT2D eigenvalue weighted by molar-refractivity contribution is -0.113. The molecule has 0 aliphatic rings. The van der Waals surface area contributed by atoms with Gasteiger partial charge in [0.15, 0.2) is 0 Å². The van der Waals surface area contributed by atoms with Crippen molar-refractivity contribution in [2.75, 3.05) is 6.61 Å². The van der Waals surface area contributed by atoms with Crippen LogP contribution in [0.3, 0.4) is 0 Å². The summed E-state index contributed by atoms with van der Waals surface area (Å²) in [4.78, 5) is 10.8. The van der Waals surface area contributed by atoms with E-state index < -0.39 is 5.24 Å². The molecular formula is C16H19ClO2. The van der Waals surface area contributed by atoms with Crippen molar-refractivity contribution in [2.45, 2.75) is 26.9 Å². The van der Waals surface area contributed by atoms with Crippen LogP contribution in [-0.4, -0.2) is 11.8 Å². The van der Waals surface area contributed by atoms with E-state index in [2.05, 4.69) is 18.8 Å². The van der Waals surface area contributed by atoms with Crippen LogP contribution in [0.2, 0.25) is 0 Å². The molecule has 2 atom stereocenters. The van der Waals surface area contributed by atoms with E-state index in [1.165, 1.54) is 5.56 Å². The van der Waals surface area contributed by atoms with Crippen molar-refractivity contribution in [1.29, 1.82) is 0 Å². The second-order valence-electron chi connectivity index (χ2n) is 4.66. The normalized spacial score (nSPS) is 13.2. The molecule has 0 saturated heterocycles. The van der Waals surface area contributed by atoms with E-state index in [1.807, 2.05) is 30.3 Å². The van der Waals surface area contributed by atoms with Crippen molar-refractivity contribution < 1.29 is 9.53 Å². The van der Waals surface area contributed by atoms with E-state index in [9.17, 15) is 4.79 Å². The zero-order valence-electron chi connectivity index (χ0n) is 11.4. The lowest BCUT2D eigenvalue weighted by Gasteiger charge is -2.09. The summed E-state index contributed by atoms with van der Waals surface area (Å²) in [6.07, 6.45) is 0.712. The van der Waals surface area contributed by atoms with E-state index in [1.54, 1.807) is 6.92 Å². The summed E-state index contributed by atoms with van der Waals surface area (Å²) in [5.74, 6) is 5.77. The molecule has 0 saturated carbocycles. The van der Waals surface area contributed by atoms with Crippen molar-refractivity contribution in [3.63, 3.8) is 0 Å². The minimum Gasteiger partial charge on any atom is -0.376 e. The Morgan fingerprint density at radius 2 is 2.00 bits per heavy atom. The van der Waals surface area contributed by atoms with Gasteiger partial charge in [0, 0.05) is 6.42 Å². The van der Waals surface area contributed by atoms with Crippen LogP contribution in [0.25, 0.3) is 0 Å². The number of carbonyl (C=O) groups is 1. The maximum Gasteiger partial charge on any atom is 0.236 e. The Bertz CT molecular complexity index is 445. The highest BCUT2D eigenvalue weighted by molar-refractivity contribution is 6.64. The minimum absolute atomic E-state index is 0.342. The molecular weight excluding hydrogens is 260 g/mol. The van der Waals surface area contributed by atoms with Crippen LogP contribution >= 0.6 is 11.6 Å². The molecule has 0 N–H and O–H groups in total. The molecule has 3 heteroatoms. The average Bonchev–Trinajstić information content (AvgIpc) is 2.39. The van der Waals surface area contributed by atoms with Gasteiger partial charge in [-0.2, -0.15) is 0 Å².